The molecular weight excluding hydrogens is 206 g/mol. The molecule has 4 heteroatoms. The smallest absolute Gasteiger partial charge is 0.292 e. The lowest BCUT2D eigenvalue weighted by Gasteiger charge is -2.08. The van der Waals surface area contributed by atoms with E-state index in [4.69, 9.17) is 9.84 Å². The number of aryl methyl sites for hydroxylation is 1. The second kappa shape index (κ2) is 6.12. The Hall–Kier alpha value is -1.55. The quantitative estimate of drug-likeness (QED) is 0.737. The van der Waals surface area contributed by atoms with Gasteiger partial charge >= 0.3 is 0 Å². The lowest BCUT2D eigenvalue weighted by molar-refractivity contribution is 0.277. The number of hydrogen-bond acceptors (Lipinski definition) is 3. The van der Waals surface area contributed by atoms with Crippen LogP contribution < -0.4 is 10.3 Å². The molecule has 0 fully saturated rings. The minimum atomic E-state index is -0.169. The summed E-state index contributed by atoms with van der Waals surface area (Å²) in [5, 5.41) is 8.71. The number of rotatable bonds is 6. The van der Waals surface area contributed by atoms with Crippen molar-refractivity contribution in [3.8, 4) is 5.75 Å². The molecule has 16 heavy (non-hydrogen) atoms. The zero-order chi connectivity index (χ0) is 12.0. The molecule has 1 N–H and O–H groups in total. The zero-order valence-corrected chi connectivity index (χ0v) is 9.48. The Kier molecular flexibility index (Phi) is 4.79. The summed E-state index contributed by atoms with van der Waals surface area (Å²) in [6.45, 7) is 6.46. The average molecular weight is 223 g/mol. The van der Waals surface area contributed by atoms with E-state index in [1.807, 2.05) is 6.92 Å². The highest BCUT2D eigenvalue weighted by Gasteiger charge is 2.03. The van der Waals surface area contributed by atoms with Gasteiger partial charge in [0.25, 0.3) is 5.56 Å². The third kappa shape index (κ3) is 3.55. The van der Waals surface area contributed by atoms with Crippen LogP contribution in [0, 0.1) is 0 Å². The molecule has 0 aliphatic carbocycles. The van der Waals surface area contributed by atoms with Gasteiger partial charge in [-0.15, -0.1) is 0 Å². The Morgan fingerprint density at radius 3 is 3.00 bits per heavy atom. The molecule has 0 unspecified atom stereocenters. The van der Waals surface area contributed by atoms with Crippen LogP contribution in [0.3, 0.4) is 0 Å². The van der Waals surface area contributed by atoms with Crippen LogP contribution in [0.25, 0.3) is 0 Å². The van der Waals surface area contributed by atoms with E-state index < -0.39 is 0 Å². The van der Waals surface area contributed by atoms with E-state index >= 15 is 0 Å². The summed E-state index contributed by atoms with van der Waals surface area (Å²) in [5.41, 5.74) is 0.697. The molecule has 0 aliphatic rings. The van der Waals surface area contributed by atoms with Crippen LogP contribution in [-0.2, 0) is 6.54 Å². The summed E-state index contributed by atoms with van der Waals surface area (Å²) in [6, 6.07) is 3.40. The highest BCUT2D eigenvalue weighted by molar-refractivity contribution is 5.18. The van der Waals surface area contributed by atoms with Crippen LogP contribution in [-0.4, -0.2) is 22.9 Å². The molecule has 88 valence electrons. The number of hydrogen-bond donors (Lipinski definition) is 1. The number of pyridine rings is 1. The Morgan fingerprint density at radius 2 is 2.38 bits per heavy atom. The average Bonchev–Trinajstić information content (AvgIpc) is 2.26. The lowest BCUT2D eigenvalue weighted by atomic mass is 10.3. The van der Waals surface area contributed by atoms with E-state index in [9.17, 15) is 4.79 Å². The Balaban J connectivity index is 2.78. The number of aliphatic hydroxyl groups is 1. The molecule has 1 heterocycles. The first-order valence-corrected chi connectivity index (χ1v) is 5.22. The van der Waals surface area contributed by atoms with E-state index in [0.29, 0.717) is 25.3 Å². The van der Waals surface area contributed by atoms with Crippen LogP contribution in [0.5, 0.6) is 5.75 Å². The van der Waals surface area contributed by atoms with Gasteiger partial charge in [-0.2, -0.15) is 0 Å². The van der Waals surface area contributed by atoms with Gasteiger partial charge in [-0.1, -0.05) is 6.58 Å². The molecule has 0 atom stereocenters. The highest BCUT2D eigenvalue weighted by Crippen LogP contribution is 2.03. The summed E-state index contributed by atoms with van der Waals surface area (Å²) in [5.74, 6) is 0.323. The van der Waals surface area contributed by atoms with Gasteiger partial charge in [0, 0.05) is 19.3 Å². The van der Waals surface area contributed by atoms with Gasteiger partial charge in [0.15, 0.2) is 5.75 Å². The van der Waals surface area contributed by atoms with Crippen LogP contribution >= 0.6 is 0 Å². The summed E-state index contributed by atoms with van der Waals surface area (Å²) < 4.78 is 6.86. The molecular formula is C12H17NO3. The summed E-state index contributed by atoms with van der Waals surface area (Å²) in [4.78, 5) is 11.8. The van der Waals surface area contributed by atoms with Crippen LogP contribution in [0.15, 0.2) is 35.3 Å². The lowest BCUT2D eigenvalue weighted by Crippen LogP contribution is -2.22. The van der Waals surface area contributed by atoms with E-state index in [-0.39, 0.29) is 12.2 Å². The van der Waals surface area contributed by atoms with Gasteiger partial charge in [0.2, 0.25) is 0 Å². The van der Waals surface area contributed by atoms with Crippen molar-refractivity contribution in [3.05, 3.63) is 40.8 Å². The summed E-state index contributed by atoms with van der Waals surface area (Å²) >= 11 is 0. The molecule has 0 saturated heterocycles. The number of aliphatic hydroxyl groups excluding tert-OH is 1. The monoisotopic (exact) mass is 223 g/mol. The van der Waals surface area contributed by atoms with Gasteiger partial charge in [0.05, 0.1) is 0 Å². The van der Waals surface area contributed by atoms with Crippen LogP contribution in [0.2, 0.25) is 0 Å². The third-order valence-electron chi connectivity index (χ3n) is 2.02. The minimum absolute atomic E-state index is 0.0727. The maximum absolute atomic E-state index is 11.8. The van der Waals surface area contributed by atoms with Gasteiger partial charge in [-0.3, -0.25) is 4.79 Å². The Morgan fingerprint density at radius 1 is 1.62 bits per heavy atom. The van der Waals surface area contributed by atoms with Crippen LogP contribution in [0.4, 0.5) is 0 Å². The van der Waals surface area contributed by atoms with Crippen molar-refractivity contribution in [2.75, 3.05) is 13.2 Å². The van der Waals surface area contributed by atoms with Crippen molar-refractivity contribution < 1.29 is 9.84 Å². The van der Waals surface area contributed by atoms with Crippen molar-refractivity contribution in [1.29, 1.82) is 0 Å². The minimum Gasteiger partial charge on any atom is -0.484 e. The van der Waals surface area contributed by atoms with E-state index in [0.717, 1.165) is 5.57 Å². The van der Waals surface area contributed by atoms with Gasteiger partial charge < -0.3 is 14.4 Å². The maximum Gasteiger partial charge on any atom is 0.292 e. The fraction of sp³-hybridized carbons (Fsp3) is 0.417. The second-order valence-corrected chi connectivity index (χ2v) is 3.69. The van der Waals surface area contributed by atoms with E-state index in [1.54, 1.807) is 18.3 Å². The molecule has 0 aliphatic heterocycles. The molecule has 0 radical (unpaired) electrons. The summed E-state index contributed by atoms with van der Waals surface area (Å²) in [7, 11) is 0. The maximum atomic E-state index is 11.8. The molecule has 0 aromatic carbocycles. The van der Waals surface area contributed by atoms with E-state index in [1.165, 1.54) is 4.57 Å². The molecule has 1 rings (SSSR count). The zero-order valence-electron chi connectivity index (χ0n) is 9.48. The SMILES string of the molecule is C=C(C)COc1cccn(CCCO)c1=O. The second-order valence-electron chi connectivity index (χ2n) is 3.69. The Labute approximate surface area is 94.8 Å². The molecule has 1 aromatic heterocycles. The summed E-state index contributed by atoms with van der Waals surface area (Å²) in [6.07, 6.45) is 2.25. The van der Waals surface area contributed by atoms with Gasteiger partial charge in [0.1, 0.15) is 6.61 Å². The molecule has 1 aromatic rings. The van der Waals surface area contributed by atoms with Gasteiger partial charge in [-0.25, -0.2) is 0 Å². The largest absolute Gasteiger partial charge is 0.484 e. The predicted octanol–water partition coefficient (Wildman–Crippen LogP) is 1.19. The molecule has 0 amide bonds. The number of nitrogens with zero attached hydrogens (tertiary/aromatic N) is 1. The van der Waals surface area contributed by atoms with Gasteiger partial charge in [-0.05, 0) is 31.1 Å². The van der Waals surface area contributed by atoms with Crippen molar-refractivity contribution >= 4 is 0 Å². The topological polar surface area (TPSA) is 51.5 Å². The standard InChI is InChI=1S/C12H17NO3/c1-10(2)9-16-11-5-3-6-13(12(11)15)7-4-8-14/h3,5-6,14H,1,4,7-9H2,2H3. The fourth-order valence-electron chi connectivity index (χ4n) is 1.24. The van der Waals surface area contributed by atoms with Crippen molar-refractivity contribution in [3.63, 3.8) is 0 Å². The first-order valence-electron chi connectivity index (χ1n) is 5.22. The van der Waals surface area contributed by atoms with Crippen molar-refractivity contribution in [2.45, 2.75) is 19.9 Å². The van der Waals surface area contributed by atoms with Crippen molar-refractivity contribution in [2.24, 2.45) is 0 Å². The highest BCUT2D eigenvalue weighted by atomic mass is 16.5. The first kappa shape index (κ1) is 12.5. The number of aromatic nitrogens is 1. The van der Waals surface area contributed by atoms with Crippen LogP contribution in [0.1, 0.15) is 13.3 Å². The molecule has 4 nitrogen and oxygen atoms in total. The number of ether oxygens (including phenoxy) is 1. The molecule has 0 saturated carbocycles. The molecule has 0 spiro atoms. The molecule has 0 bridgehead atoms. The first-order chi connectivity index (χ1) is 7.65. The Bertz CT molecular complexity index is 409. The van der Waals surface area contributed by atoms with Crippen molar-refractivity contribution in [1.82, 2.24) is 4.57 Å². The normalized spacial score (nSPS) is 10.1. The third-order valence-corrected chi connectivity index (χ3v) is 2.02. The van der Waals surface area contributed by atoms with E-state index in [2.05, 4.69) is 6.58 Å². The fourth-order valence-corrected chi connectivity index (χ4v) is 1.24. The predicted molar refractivity (Wildman–Crippen MR) is 62.7 cm³/mol.